The summed E-state index contributed by atoms with van der Waals surface area (Å²) in [5, 5.41) is 1.06. The molecule has 1 aliphatic heterocycles. The van der Waals surface area contributed by atoms with Crippen LogP contribution in [0.25, 0.3) is 21.9 Å². The Balaban J connectivity index is 1.60. The first-order valence-corrected chi connectivity index (χ1v) is 10.5. The van der Waals surface area contributed by atoms with Crippen LogP contribution in [-0.2, 0) is 20.7 Å². The van der Waals surface area contributed by atoms with E-state index in [4.69, 9.17) is 14.5 Å². The second kappa shape index (κ2) is 8.35. The number of fused-ring (bicyclic) bond motifs is 2. The molecule has 0 saturated carbocycles. The van der Waals surface area contributed by atoms with Gasteiger partial charge in [-0.1, -0.05) is 18.2 Å². The number of imidazole rings is 1. The lowest BCUT2D eigenvalue weighted by Crippen LogP contribution is -2.36. The van der Waals surface area contributed by atoms with E-state index in [1.54, 1.807) is 6.20 Å². The molecule has 4 aromatic rings. The van der Waals surface area contributed by atoms with Crippen molar-refractivity contribution >= 4 is 34.1 Å². The first-order valence-electron chi connectivity index (χ1n) is 10.5. The molecule has 1 unspecified atom stereocenters. The standard InChI is InChI=1S/C24H24N4O3/c1-16-26-22-14-18(28-8-10-30-11-9-28)13-20(24(22)27-16)23(31-15-29)12-17-4-2-6-21-19(17)5-3-7-25-21/h2-7,13-15,23H,8-12H2,1H3,(H,26,27). The van der Waals surface area contributed by atoms with E-state index in [0.29, 0.717) is 26.1 Å². The Labute approximate surface area is 180 Å². The van der Waals surface area contributed by atoms with Crippen molar-refractivity contribution in [2.24, 2.45) is 0 Å². The first-order chi connectivity index (χ1) is 15.2. The van der Waals surface area contributed by atoms with Crippen molar-refractivity contribution in [3.63, 3.8) is 0 Å². The molecule has 5 rings (SSSR count). The van der Waals surface area contributed by atoms with E-state index in [1.807, 2.05) is 31.2 Å². The fourth-order valence-corrected chi connectivity index (χ4v) is 4.34. The maximum absolute atomic E-state index is 11.5. The largest absolute Gasteiger partial charge is 0.459 e. The molecule has 0 aliphatic carbocycles. The molecule has 2 aromatic heterocycles. The zero-order valence-corrected chi connectivity index (χ0v) is 17.4. The zero-order valence-electron chi connectivity index (χ0n) is 17.4. The third kappa shape index (κ3) is 3.84. The van der Waals surface area contributed by atoms with Crippen molar-refractivity contribution < 1.29 is 14.3 Å². The van der Waals surface area contributed by atoms with Crippen molar-refractivity contribution in [3.05, 3.63) is 65.6 Å². The second-order valence-electron chi connectivity index (χ2n) is 7.77. The number of carbonyl (C=O) groups excluding carboxylic acids is 1. The van der Waals surface area contributed by atoms with E-state index >= 15 is 0 Å². The molecule has 3 heterocycles. The molecule has 1 fully saturated rings. The average molecular weight is 416 g/mol. The van der Waals surface area contributed by atoms with Gasteiger partial charge in [0.15, 0.2) is 0 Å². The average Bonchev–Trinajstić information content (AvgIpc) is 3.19. The molecule has 2 aromatic carbocycles. The first kappa shape index (κ1) is 19.5. The molecule has 1 aliphatic rings. The number of hydrogen-bond acceptors (Lipinski definition) is 6. The van der Waals surface area contributed by atoms with Gasteiger partial charge in [-0.2, -0.15) is 0 Å². The van der Waals surface area contributed by atoms with Crippen molar-refractivity contribution in [2.75, 3.05) is 31.2 Å². The van der Waals surface area contributed by atoms with Crippen LogP contribution < -0.4 is 4.90 Å². The number of hydrogen-bond donors (Lipinski definition) is 1. The number of aromatic nitrogens is 3. The highest BCUT2D eigenvalue weighted by atomic mass is 16.5. The van der Waals surface area contributed by atoms with E-state index in [-0.39, 0.29) is 0 Å². The minimum absolute atomic E-state index is 0.463. The predicted octanol–water partition coefficient (Wildman–Crippen LogP) is 3.71. The smallest absolute Gasteiger partial charge is 0.293 e. The number of morpholine rings is 1. The number of nitrogens with one attached hydrogen (secondary N) is 1. The summed E-state index contributed by atoms with van der Waals surface area (Å²) in [6, 6.07) is 14.2. The van der Waals surface area contributed by atoms with Gasteiger partial charge in [-0.3, -0.25) is 9.78 Å². The van der Waals surface area contributed by atoms with Crippen LogP contribution in [0.15, 0.2) is 48.7 Å². The Kier molecular flexibility index (Phi) is 5.26. The van der Waals surface area contributed by atoms with Crippen molar-refractivity contribution in [1.29, 1.82) is 0 Å². The van der Waals surface area contributed by atoms with Crippen LogP contribution in [0.3, 0.4) is 0 Å². The Morgan fingerprint density at radius 1 is 1.23 bits per heavy atom. The van der Waals surface area contributed by atoms with E-state index in [1.165, 1.54) is 0 Å². The monoisotopic (exact) mass is 416 g/mol. The number of anilines is 1. The lowest BCUT2D eigenvalue weighted by atomic mass is 9.96. The van der Waals surface area contributed by atoms with Crippen LogP contribution >= 0.6 is 0 Å². The van der Waals surface area contributed by atoms with Gasteiger partial charge in [0.2, 0.25) is 0 Å². The summed E-state index contributed by atoms with van der Waals surface area (Å²) in [6.45, 7) is 5.52. The zero-order chi connectivity index (χ0) is 21.2. The summed E-state index contributed by atoms with van der Waals surface area (Å²) in [5.41, 5.74) is 5.75. The van der Waals surface area contributed by atoms with Gasteiger partial charge in [-0.05, 0) is 36.8 Å². The molecular weight excluding hydrogens is 392 g/mol. The molecule has 31 heavy (non-hydrogen) atoms. The molecule has 0 bridgehead atoms. The van der Waals surface area contributed by atoms with Crippen LogP contribution in [0.4, 0.5) is 5.69 Å². The molecular formula is C24H24N4O3. The number of ether oxygens (including phenoxy) is 2. The lowest BCUT2D eigenvalue weighted by molar-refractivity contribution is -0.133. The van der Waals surface area contributed by atoms with Crippen LogP contribution in [0.2, 0.25) is 0 Å². The Bertz CT molecular complexity index is 1220. The molecule has 0 radical (unpaired) electrons. The Morgan fingerprint density at radius 3 is 2.94 bits per heavy atom. The van der Waals surface area contributed by atoms with Crippen molar-refractivity contribution in [2.45, 2.75) is 19.4 Å². The molecule has 0 amide bonds. The van der Waals surface area contributed by atoms with Gasteiger partial charge in [0, 0.05) is 42.3 Å². The third-order valence-electron chi connectivity index (χ3n) is 5.80. The lowest BCUT2D eigenvalue weighted by Gasteiger charge is -2.30. The minimum Gasteiger partial charge on any atom is -0.459 e. The number of pyridine rings is 1. The van der Waals surface area contributed by atoms with E-state index in [0.717, 1.165) is 57.7 Å². The number of rotatable bonds is 6. The summed E-state index contributed by atoms with van der Waals surface area (Å²) in [7, 11) is 0. The number of aromatic amines is 1. The molecule has 7 heteroatoms. The number of H-pyrrole nitrogens is 1. The van der Waals surface area contributed by atoms with Crippen LogP contribution in [0.1, 0.15) is 23.1 Å². The summed E-state index contributed by atoms with van der Waals surface area (Å²) in [6.07, 6.45) is 1.86. The Morgan fingerprint density at radius 2 is 2.10 bits per heavy atom. The third-order valence-corrected chi connectivity index (χ3v) is 5.80. The number of benzene rings is 2. The molecule has 7 nitrogen and oxygen atoms in total. The molecule has 1 N–H and O–H groups in total. The summed E-state index contributed by atoms with van der Waals surface area (Å²) >= 11 is 0. The fraction of sp³-hybridized carbons (Fsp3) is 0.292. The van der Waals surface area contributed by atoms with Crippen LogP contribution in [0.5, 0.6) is 0 Å². The highest BCUT2D eigenvalue weighted by molar-refractivity contribution is 5.85. The number of aryl methyl sites for hydroxylation is 1. The Hall–Kier alpha value is -3.45. The number of carbonyl (C=O) groups is 1. The molecule has 158 valence electrons. The van der Waals surface area contributed by atoms with Crippen LogP contribution in [0, 0.1) is 6.92 Å². The van der Waals surface area contributed by atoms with Gasteiger partial charge >= 0.3 is 0 Å². The maximum atomic E-state index is 11.5. The highest BCUT2D eigenvalue weighted by Gasteiger charge is 2.23. The van der Waals surface area contributed by atoms with Gasteiger partial charge in [0.1, 0.15) is 11.9 Å². The SMILES string of the molecule is Cc1nc2c(C(Cc3cccc4ncccc34)OC=O)cc(N3CCOCC3)cc2[nH]1. The van der Waals surface area contributed by atoms with Gasteiger partial charge in [-0.25, -0.2) is 4.98 Å². The summed E-state index contributed by atoms with van der Waals surface area (Å²) in [4.78, 5) is 26.3. The van der Waals surface area contributed by atoms with Crippen molar-refractivity contribution in [1.82, 2.24) is 15.0 Å². The van der Waals surface area contributed by atoms with Gasteiger partial charge in [0.25, 0.3) is 6.47 Å². The number of nitrogens with zero attached hydrogens (tertiary/aromatic N) is 3. The van der Waals surface area contributed by atoms with E-state index in [2.05, 4.69) is 33.1 Å². The summed E-state index contributed by atoms with van der Waals surface area (Å²) in [5.74, 6) is 0.828. The van der Waals surface area contributed by atoms with E-state index in [9.17, 15) is 4.79 Å². The van der Waals surface area contributed by atoms with Gasteiger partial charge in [-0.15, -0.1) is 0 Å². The summed E-state index contributed by atoms with van der Waals surface area (Å²) < 4.78 is 11.2. The maximum Gasteiger partial charge on any atom is 0.293 e. The second-order valence-corrected chi connectivity index (χ2v) is 7.77. The minimum atomic E-state index is -0.463. The molecule has 0 spiro atoms. The van der Waals surface area contributed by atoms with Gasteiger partial charge < -0.3 is 19.4 Å². The normalized spacial score (nSPS) is 15.3. The van der Waals surface area contributed by atoms with E-state index < -0.39 is 6.10 Å². The van der Waals surface area contributed by atoms with Gasteiger partial charge in [0.05, 0.1) is 29.8 Å². The molecule has 1 atom stereocenters. The topological polar surface area (TPSA) is 80.3 Å². The van der Waals surface area contributed by atoms with Crippen LogP contribution in [-0.4, -0.2) is 47.7 Å². The molecule has 1 saturated heterocycles. The quantitative estimate of drug-likeness (QED) is 0.483. The fourth-order valence-electron chi connectivity index (χ4n) is 4.34. The van der Waals surface area contributed by atoms with Crippen molar-refractivity contribution in [3.8, 4) is 0 Å². The predicted molar refractivity (Wildman–Crippen MR) is 119 cm³/mol. The highest BCUT2D eigenvalue weighted by Crippen LogP contribution is 2.34.